The van der Waals surface area contributed by atoms with Gasteiger partial charge in [-0.05, 0) is 85.6 Å². The van der Waals surface area contributed by atoms with Crippen molar-refractivity contribution in [2.75, 3.05) is 15.5 Å². The molecule has 3 amide bonds. The molecule has 0 aliphatic carbocycles. The van der Waals surface area contributed by atoms with Gasteiger partial charge in [0.25, 0.3) is 17.7 Å². The molecule has 3 aromatic rings. The molecule has 166 valence electrons. The van der Waals surface area contributed by atoms with Crippen LogP contribution in [0.25, 0.3) is 0 Å². The van der Waals surface area contributed by atoms with Crippen LogP contribution in [-0.2, 0) is 9.59 Å². The van der Waals surface area contributed by atoms with Gasteiger partial charge in [-0.1, -0.05) is 29.3 Å². The molecular weight excluding hydrogens is 461 g/mol. The number of rotatable bonds is 5. The summed E-state index contributed by atoms with van der Waals surface area (Å²) in [5.41, 5.74) is 3.99. The average molecular weight is 480 g/mol. The molecule has 0 spiro atoms. The summed E-state index contributed by atoms with van der Waals surface area (Å²) in [4.78, 5) is 39.1. The summed E-state index contributed by atoms with van der Waals surface area (Å²) in [5, 5.41) is 6.07. The Labute approximate surface area is 200 Å². The number of carbonyl (C=O) groups excluding carboxylic acids is 3. The molecule has 1 aliphatic rings. The van der Waals surface area contributed by atoms with Crippen LogP contribution in [0.2, 0.25) is 5.02 Å². The van der Waals surface area contributed by atoms with E-state index in [-0.39, 0.29) is 16.6 Å². The Bertz CT molecular complexity index is 1300. The van der Waals surface area contributed by atoms with Gasteiger partial charge in [-0.3, -0.25) is 14.4 Å². The van der Waals surface area contributed by atoms with Gasteiger partial charge in [0, 0.05) is 22.0 Å². The van der Waals surface area contributed by atoms with Crippen LogP contribution < -0.4 is 15.5 Å². The molecule has 0 fully saturated rings. The van der Waals surface area contributed by atoms with Gasteiger partial charge in [0.2, 0.25) is 0 Å². The van der Waals surface area contributed by atoms with E-state index in [4.69, 9.17) is 23.2 Å². The van der Waals surface area contributed by atoms with E-state index in [9.17, 15) is 14.4 Å². The van der Waals surface area contributed by atoms with Gasteiger partial charge in [-0.15, -0.1) is 0 Å². The molecule has 0 radical (unpaired) electrons. The van der Waals surface area contributed by atoms with Crippen molar-refractivity contribution in [2.24, 2.45) is 0 Å². The number of nitrogens with zero attached hydrogens (tertiary/aromatic N) is 1. The van der Waals surface area contributed by atoms with E-state index in [1.807, 2.05) is 19.9 Å². The number of amides is 3. The summed E-state index contributed by atoms with van der Waals surface area (Å²) in [6, 6.07) is 18.6. The molecule has 1 heterocycles. The summed E-state index contributed by atoms with van der Waals surface area (Å²) in [6.45, 7) is 3.85. The highest BCUT2D eigenvalue weighted by atomic mass is 35.5. The number of hydrogen-bond donors (Lipinski definition) is 2. The highest BCUT2D eigenvalue weighted by Gasteiger charge is 2.39. The Hall–Kier alpha value is -3.61. The molecule has 0 saturated heterocycles. The fourth-order valence-electron chi connectivity index (χ4n) is 3.30. The van der Waals surface area contributed by atoms with Crippen molar-refractivity contribution < 1.29 is 14.4 Å². The monoisotopic (exact) mass is 479 g/mol. The zero-order valence-corrected chi connectivity index (χ0v) is 19.3. The molecular formula is C25H19Cl2N3O3. The first-order valence-electron chi connectivity index (χ1n) is 10.0. The highest BCUT2D eigenvalue weighted by Crippen LogP contribution is 2.31. The number of aryl methyl sites for hydroxylation is 2. The molecule has 0 aromatic heterocycles. The Morgan fingerprint density at radius 3 is 2.06 bits per heavy atom. The number of benzene rings is 3. The molecule has 0 atom stereocenters. The lowest BCUT2D eigenvalue weighted by atomic mass is 10.1. The maximum atomic E-state index is 13.0. The number of anilines is 3. The summed E-state index contributed by atoms with van der Waals surface area (Å²) in [5.74, 6) is -1.43. The number of hydrogen-bond acceptors (Lipinski definition) is 4. The van der Waals surface area contributed by atoms with E-state index in [0.29, 0.717) is 27.6 Å². The number of carbonyl (C=O) groups is 3. The highest BCUT2D eigenvalue weighted by molar-refractivity contribution is 6.53. The molecule has 8 heteroatoms. The van der Waals surface area contributed by atoms with E-state index in [2.05, 4.69) is 10.6 Å². The minimum absolute atomic E-state index is 0.0155. The van der Waals surface area contributed by atoms with Crippen molar-refractivity contribution in [1.82, 2.24) is 0 Å². The first-order valence-corrected chi connectivity index (χ1v) is 10.8. The second-order valence-electron chi connectivity index (χ2n) is 7.57. The first kappa shape index (κ1) is 22.6. The van der Waals surface area contributed by atoms with Crippen LogP contribution in [0.15, 0.2) is 77.5 Å². The molecule has 1 aliphatic heterocycles. The lowest BCUT2D eigenvalue weighted by molar-refractivity contribution is -0.120. The molecule has 0 unspecified atom stereocenters. The first-order chi connectivity index (χ1) is 15.7. The Morgan fingerprint density at radius 1 is 0.788 bits per heavy atom. The SMILES string of the molecule is Cc1ccc(N2C(=O)C(Cl)=C(Nc3ccc(C(=O)Nc4ccc(Cl)cc4)cc3)C2=O)cc1C. The van der Waals surface area contributed by atoms with Gasteiger partial charge in [-0.2, -0.15) is 0 Å². The quantitative estimate of drug-likeness (QED) is 0.463. The van der Waals surface area contributed by atoms with E-state index >= 15 is 0 Å². The zero-order valence-electron chi connectivity index (χ0n) is 17.8. The van der Waals surface area contributed by atoms with Crippen LogP contribution in [0, 0.1) is 13.8 Å². The number of nitrogens with one attached hydrogen (secondary N) is 2. The summed E-state index contributed by atoms with van der Waals surface area (Å²) >= 11 is 12.1. The van der Waals surface area contributed by atoms with Crippen molar-refractivity contribution >= 4 is 58.0 Å². The largest absolute Gasteiger partial charge is 0.350 e. The van der Waals surface area contributed by atoms with E-state index < -0.39 is 11.8 Å². The Morgan fingerprint density at radius 2 is 1.42 bits per heavy atom. The maximum Gasteiger partial charge on any atom is 0.283 e. The molecule has 2 N–H and O–H groups in total. The lowest BCUT2D eigenvalue weighted by Gasteiger charge is -2.16. The van der Waals surface area contributed by atoms with Gasteiger partial charge in [-0.25, -0.2) is 4.90 Å². The normalized spacial score (nSPS) is 13.5. The van der Waals surface area contributed by atoms with Crippen LogP contribution in [0.5, 0.6) is 0 Å². The van der Waals surface area contributed by atoms with Crippen molar-refractivity contribution in [3.8, 4) is 0 Å². The minimum atomic E-state index is -0.591. The molecule has 0 saturated carbocycles. The Kier molecular flexibility index (Phi) is 6.22. The molecule has 6 nitrogen and oxygen atoms in total. The second-order valence-corrected chi connectivity index (χ2v) is 8.38. The van der Waals surface area contributed by atoms with Crippen molar-refractivity contribution in [3.05, 3.63) is 99.2 Å². The third-order valence-corrected chi connectivity index (χ3v) is 5.90. The van der Waals surface area contributed by atoms with Crippen molar-refractivity contribution in [2.45, 2.75) is 13.8 Å². The fourth-order valence-corrected chi connectivity index (χ4v) is 3.63. The predicted octanol–water partition coefficient (Wildman–Crippen LogP) is 5.64. The predicted molar refractivity (Wildman–Crippen MR) is 131 cm³/mol. The van der Waals surface area contributed by atoms with Crippen LogP contribution in [-0.4, -0.2) is 17.7 Å². The number of imide groups is 1. The smallest absolute Gasteiger partial charge is 0.283 e. The van der Waals surface area contributed by atoms with E-state index in [1.165, 1.54) is 0 Å². The fraction of sp³-hybridized carbons (Fsp3) is 0.0800. The maximum absolute atomic E-state index is 13.0. The van der Waals surface area contributed by atoms with Gasteiger partial charge in [0.15, 0.2) is 0 Å². The van der Waals surface area contributed by atoms with Gasteiger partial charge >= 0.3 is 0 Å². The van der Waals surface area contributed by atoms with E-state index in [1.54, 1.807) is 60.7 Å². The lowest BCUT2D eigenvalue weighted by Crippen LogP contribution is -2.32. The third-order valence-electron chi connectivity index (χ3n) is 5.29. The number of halogens is 2. The third kappa shape index (κ3) is 4.62. The molecule has 4 rings (SSSR count). The van der Waals surface area contributed by atoms with Crippen LogP contribution in [0.3, 0.4) is 0 Å². The molecule has 33 heavy (non-hydrogen) atoms. The minimum Gasteiger partial charge on any atom is -0.350 e. The van der Waals surface area contributed by atoms with Crippen molar-refractivity contribution in [1.29, 1.82) is 0 Å². The summed E-state index contributed by atoms with van der Waals surface area (Å²) in [7, 11) is 0. The van der Waals surface area contributed by atoms with Crippen molar-refractivity contribution in [3.63, 3.8) is 0 Å². The van der Waals surface area contributed by atoms with E-state index in [0.717, 1.165) is 16.0 Å². The summed E-state index contributed by atoms with van der Waals surface area (Å²) < 4.78 is 0. The standard InChI is InChI=1S/C25H19Cl2N3O3/c1-14-3-12-20(13-15(14)2)30-24(32)21(27)22(25(30)33)28-18-8-4-16(5-9-18)23(31)29-19-10-6-17(26)7-11-19/h3-13,28H,1-2H3,(H,29,31). The van der Waals surface area contributed by atoms with Gasteiger partial charge < -0.3 is 10.6 Å². The molecule has 3 aromatic carbocycles. The summed E-state index contributed by atoms with van der Waals surface area (Å²) in [6.07, 6.45) is 0. The molecule has 0 bridgehead atoms. The van der Waals surface area contributed by atoms with Gasteiger partial charge in [0.1, 0.15) is 10.7 Å². The van der Waals surface area contributed by atoms with Gasteiger partial charge in [0.05, 0.1) is 5.69 Å². The van der Waals surface area contributed by atoms with Crippen LogP contribution in [0.4, 0.5) is 17.1 Å². The van der Waals surface area contributed by atoms with Crippen LogP contribution >= 0.6 is 23.2 Å². The zero-order chi connectivity index (χ0) is 23.7. The second kappa shape index (κ2) is 9.10. The topological polar surface area (TPSA) is 78.5 Å². The van der Waals surface area contributed by atoms with Crippen LogP contribution in [0.1, 0.15) is 21.5 Å². The average Bonchev–Trinajstić information content (AvgIpc) is 3.01. The Balaban J connectivity index is 1.48.